The maximum absolute atomic E-state index is 12.5. The lowest BCUT2D eigenvalue weighted by Crippen LogP contribution is -2.28. The molecule has 0 aromatic carbocycles. The number of hydrogen-bond donors (Lipinski definition) is 2. The summed E-state index contributed by atoms with van der Waals surface area (Å²) in [6.07, 6.45) is 56.6. The van der Waals surface area contributed by atoms with Crippen LogP contribution in [0.15, 0.2) is 122 Å². The average Bonchev–Trinajstić information content (AvgIpc) is 3.16. The van der Waals surface area contributed by atoms with Crippen molar-refractivity contribution in [3.8, 4) is 0 Å². The van der Waals surface area contributed by atoms with E-state index in [0.717, 1.165) is 89.9 Å². The summed E-state index contributed by atoms with van der Waals surface area (Å²) < 4.78 is 33.2. The highest BCUT2D eigenvalue weighted by molar-refractivity contribution is 7.47. The molecule has 0 heterocycles. The topological polar surface area (TPSA) is 117 Å². The fraction of sp³-hybridized carbons (Fsp3) is 0.533. The Bertz CT molecular complexity index is 1230. The summed E-state index contributed by atoms with van der Waals surface area (Å²) in [5, 5.41) is 0. The largest absolute Gasteiger partial charge is 0.472 e. The van der Waals surface area contributed by atoms with Gasteiger partial charge in [-0.2, -0.15) is 0 Å². The van der Waals surface area contributed by atoms with Crippen LogP contribution in [0.1, 0.15) is 117 Å². The molecule has 2 atom stereocenters. The summed E-state index contributed by atoms with van der Waals surface area (Å²) in [5.74, 6) is -0.430. The van der Waals surface area contributed by atoms with Crippen molar-refractivity contribution in [1.29, 1.82) is 0 Å². The van der Waals surface area contributed by atoms with Gasteiger partial charge in [-0.15, -0.1) is 0 Å². The van der Waals surface area contributed by atoms with E-state index in [0.29, 0.717) is 13.0 Å². The fourth-order valence-electron chi connectivity index (χ4n) is 4.54. The molecule has 8 nitrogen and oxygen atoms in total. The van der Waals surface area contributed by atoms with Crippen LogP contribution < -0.4 is 5.73 Å². The Kier molecular flexibility index (Phi) is 38.7. The monoisotopic (exact) mass is 770 g/mol. The highest BCUT2D eigenvalue weighted by Gasteiger charge is 2.25. The molecule has 304 valence electrons. The third kappa shape index (κ3) is 40.1. The first-order chi connectivity index (χ1) is 26.4. The number of ether oxygens (including phenoxy) is 2. The summed E-state index contributed by atoms with van der Waals surface area (Å²) in [6, 6.07) is 0. The Morgan fingerprint density at radius 1 is 0.556 bits per heavy atom. The van der Waals surface area contributed by atoms with Crippen molar-refractivity contribution in [2.24, 2.45) is 5.73 Å². The molecule has 0 aliphatic rings. The molecular formula is C45H72NO7P. The number of carbonyl (C=O) groups excluding carboxylic acids is 1. The molecule has 0 saturated heterocycles. The van der Waals surface area contributed by atoms with Crippen LogP contribution in [0.25, 0.3) is 0 Å². The maximum Gasteiger partial charge on any atom is 0.472 e. The first-order valence-corrected chi connectivity index (χ1v) is 21.5. The smallest absolute Gasteiger partial charge is 0.457 e. The third-order valence-electron chi connectivity index (χ3n) is 7.39. The number of phosphoric ester groups is 1. The van der Waals surface area contributed by atoms with Gasteiger partial charge in [0.15, 0.2) is 0 Å². The lowest BCUT2D eigenvalue weighted by molar-refractivity contribution is -0.154. The van der Waals surface area contributed by atoms with Gasteiger partial charge in [0.1, 0.15) is 6.10 Å². The van der Waals surface area contributed by atoms with Gasteiger partial charge in [0.2, 0.25) is 0 Å². The highest BCUT2D eigenvalue weighted by Crippen LogP contribution is 2.43. The number of esters is 1. The Hall–Kier alpha value is -3.10. The van der Waals surface area contributed by atoms with E-state index >= 15 is 0 Å². The molecule has 0 aromatic rings. The molecule has 0 spiro atoms. The second-order valence-electron chi connectivity index (χ2n) is 12.4. The molecule has 0 rings (SSSR count). The van der Waals surface area contributed by atoms with Gasteiger partial charge < -0.3 is 20.1 Å². The van der Waals surface area contributed by atoms with Crippen LogP contribution in [-0.4, -0.2) is 49.9 Å². The van der Waals surface area contributed by atoms with Gasteiger partial charge in [0.05, 0.1) is 19.8 Å². The van der Waals surface area contributed by atoms with Gasteiger partial charge in [-0.25, -0.2) is 4.57 Å². The summed E-state index contributed by atoms with van der Waals surface area (Å²) in [7, 11) is -4.31. The first-order valence-electron chi connectivity index (χ1n) is 20.0. The van der Waals surface area contributed by atoms with Crippen molar-refractivity contribution >= 4 is 13.8 Å². The Morgan fingerprint density at radius 3 is 1.43 bits per heavy atom. The Labute approximate surface area is 328 Å². The normalized spacial score (nSPS) is 14.8. The molecule has 0 aliphatic heterocycles. The molecule has 0 bridgehead atoms. The highest BCUT2D eigenvalue weighted by atomic mass is 31.2. The zero-order chi connectivity index (χ0) is 39.5. The lowest BCUT2D eigenvalue weighted by Gasteiger charge is -2.19. The quantitative estimate of drug-likeness (QED) is 0.0280. The number of carbonyl (C=O) groups is 1. The molecule has 0 fully saturated rings. The van der Waals surface area contributed by atoms with E-state index in [-0.39, 0.29) is 32.8 Å². The molecule has 3 N–H and O–H groups in total. The first kappa shape index (κ1) is 50.9. The Morgan fingerprint density at radius 2 is 0.981 bits per heavy atom. The molecule has 2 unspecified atom stereocenters. The minimum Gasteiger partial charge on any atom is -0.457 e. The van der Waals surface area contributed by atoms with E-state index in [1.807, 2.05) is 12.2 Å². The minimum atomic E-state index is -4.31. The lowest BCUT2D eigenvalue weighted by atomic mass is 10.2. The predicted octanol–water partition coefficient (Wildman–Crippen LogP) is 11.9. The van der Waals surface area contributed by atoms with Crippen LogP contribution >= 0.6 is 7.82 Å². The van der Waals surface area contributed by atoms with Crippen LogP contribution in [-0.2, 0) is 27.9 Å². The van der Waals surface area contributed by atoms with Gasteiger partial charge >= 0.3 is 13.8 Å². The van der Waals surface area contributed by atoms with Crippen LogP contribution in [0.4, 0.5) is 0 Å². The van der Waals surface area contributed by atoms with Crippen molar-refractivity contribution < 1.29 is 32.8 Å². The molecular weight excluding hydrogens is 697 g/mol. The van der Waals surface area contributed by atoms with Gasteiger partial charge in [-0.05, 0) is 89.9 Å². The second kappa shape index (κ2) is 41.1. The average molecular weight is 770 g/mol. The van der Waals surface area contributed by atoms with Crippen LogP contribution in [0.3, 0.4) is 0 Å². The zero-order valence-electron chi connectivity index (χ0n) is 33.4. The summed E-state index contributed by atoms with van der Waals surface area (Å²) in [4.78, 5) is 22.4. The number of unbranched alkanes of at least 4 members (excludes halogenated alkanes) is 3. The third-order valence-corrected chi connectivity index (χ3v) is 8.37. The van der Waals surface area contributed by atoms with Crippen LogP contribution in [0.2, 0.25) is 0 Å². The van der Waals surface area contributed by atoms with Gasteiger partial charge in [0, 0.05) is 19.6 Å². The van der Waals surface area contributed by atoms with Gasteiger partial charge in [-0.1, -0.05) is 142 Å². The van der Waals surface area contributed by atoms with E-state index in [4.69, 9.17) is 24.3 Å². The second-order valence-corrected chi connectivity index (χ2v) is 13.8. The molecule has 0 radical (unpaired) electrons. The number of nitrogens with two attached hydrogens (primary N) is 1. The van der Waals surface area contributed by atoms with Crippen molar-refractivity contribution in [1.82, 2.24) is 0 Å². The Balaban J connectivity index is 4.31. The fourth-order valence-corrected chi connectivity index (χ4v) is 5.31. The minimum absolute atomic E-state index is 0.0550. The van der Waals surface area contributed by atoms with Crippen molar-refractivity contribution in [2.45, 2.75) is 123 Å². The summed E-state index contributed by atoms with van der Waals surface area (Å²) in [5.41, 5.74) is 5.35. The maximum atomic E-state index is 12.5. The standard InChI is InChI=1S/C45H72NO7P/c1-3-5-7-9-11-13-15-17-19-21-22-23-24-26-28-30-32-34-36-38-45(47)53-44(43-52-54(48,49)51-41-39-46)42-50-40-37-35-33-31-29-27-25-20-18-16-14-12-10-8-6-4-2/h5-8,11-14,17-20,22-23,26-29,32,34,44H,3-4,9-10,15-16,21,24-25,30-31,33,35-43,46H2,1-2H3,(H,48,49)/b7-5-,8-6-,13-11-,14-12-,19-17-,20-18-,23-22-,28-26-,29-27-,34-32-. The SMILES string of the molecule is CC/C=C\C/C=C\C/C=C\C/C=C\C/C=C\C/C=C\CCC(=O)OC(COCCCCC/C=C\C/C=C\C/C=C\C/C=C\CC)COP(=O)(O)OCCN. The molecule has 54 heavy (non-hydrogen) atoms. The summed E-state index contributed by atoms with van der Waals surface area (Å²) in [6.45, 7) is 4.45. The van der Waals surface area contributed by atoms with Gasteiger partial charge in [0.25, 0.3) is 0 Å². The predicted molar refractivity (Wildman–Crippen MR) is 228 cm³/mol. The van der Waals surface area contributed by atoms with E-state index in [9.17, 15) is 14.3 Å². The molecule has 9 heteroatoms. The number of phosphoric acid groups is 1. The zero-order valence-corrected chi connectivity index (χ0v) is 34.3. The molecule has 0 aliphatic carbocycles. The van der Waals surface area contributed by atoms with E-state index in [2.05, 4.69) is 123 Å². The molecule has 0 amide bonds. The number of rotatable bonds is 36. The van der Waals surface area contributed by atoms with E-state index in [1.54, 1.807) is 0 Å². The van der Waals surface area contributed by atoms with Crippen molar-refractivity contribution in [2.75, 3.05) is 33.0 Å². The number of hydrogen-bond acceptors (Lipinski definition) is 7. The van der Waals surface area contributed by atoms with E-state index < -0.39 is 19.9 Å². The van der Waals surface area contributed by atoms with Crippen molar-refractivity contribution in [3.63, 3.8) is 0 Å². The number of allylic oxidation sites excluding steroid dienone is 20. The van der Waals surface area contributed by atoms with Crippen LogP contribution in [0, 0.1) is 0 Å². The van der Waals surface area contributed by atoms with Gasteiger partial charge in [-0.3, -0.25) is 13.8 Å². The molecule has 0 saturated carbocycles. The van der Waals surface area contributed by atoms with Crippen LogP contribution in [0.5, 0.6) is 0 Å². The molecule has 0 aromatic heterocycles. The van der Waals surface area contributed by atoms with E-state index in [1.165, 1.54) is 0 Å². The van der Waals surface area contributed by atoms with Crippen molar-refractivity contribution in [3.05, 3.63) is 122 Å². The summed E-state index contributed by atoms with van der Waals surface area (Å²) >= 11 is 0.